The Balaban J connectivity index is 0. The van der Waals surface area contributed by atoms with Crippen LogP contribution in [0.15, 0.2) is 42.2 Å². The highest BCUT2D eigenvalue weighted by Crippen LogP contribution is 1.76. The number of aryl methyl sites for hydroxylation is 1. The lowest BCUT2D eigenvalue weighted by molar-refractivity contribution is 0.834. The number of rotatable bonds is 1. The Bertz CT molecular complexity index is 284. The van der Waals surface area contributed by atoms with Gasteiger partial charge in [-0.25, -0.2) is 4.99 Å². The third kappa shape index (κ3) is 6.23. The van der Waals surface area contributed by atoms with Gasteiger partial charge in [0.2, 0.25) is 0 Å². The SMILES string of the molecule is C=CN=c1ccccn1C.CC.CC. The van der Waals surface area contributed by atoms with Gasteiger partial charge in [0.25, 0.3) is 0 Å². The molecule has 0 aliphatic heterocycles. The first-order chi connectivity index (χ1) is 6.84. The molecule has 0 radical (unpaired) electrons. The fourth-order valence-corrected chi connectivity index (χ4v) is 0.742. The smallest absolute Gasteiger partial charge is 0.132 e. The lowest BCUT2D eigenvalue weighted by Crippen LogP contribution is -2.14. The summed E-state index contributed by atoms with van der Waals surface area (Å²) in [4.78, 5) is 4.03. The van der Waals surface area contributed by atoms with E-state index in [2.05, 4.69) is 11.6 Å². The first-order valence-electron chi connectivity index (χ1n) is 5.11. The van der Waals surface area contributed by atoms with Gasteiger partial charge in [-0.15, -0.1) is 0 Å². The van der Waals surface area contributed by atoms with E-state index in [0.717, 1.165) is 5.49 Å². The summed E-state index contributed by atoms with van der Waals surface area (Å²) in [6.07, 6.45) is 3.48. The van der Waals surface area contributed by atoms with E-state index < -0.39 is 0 Å². The standard InChI is InChI=1S/C8H10N2.2C2H6/c1-3-9-8-6-4-5-7-10(8)2;2*1-2/h3-7H,1H2,2H3;2*1-2H3. The summed E-state index contributed by atoms with van der Waals surface area (Å²) in [5, 5.41) is 0. The average Bonchev–Trinajstić information content (AvgIpc) is 2.28. The number of hydrogen-bond donors (Lipinski definition) is 0. The molecule has 14 heavy (non-hydrogen) atoms. The lowest BCUT2D eigenvalue weighted by atomic mass is 10.5. The maximum atomic E-state index is 4.03. The van der Waals surface area contributed by atoms with E-state index in [1.807, 2.05) is 63.7 Å². The number of hydrogen-bond acceptors (Lipinski definition) is 1. The van der Waals surface area contributed by atoms with E-state index in [0.29, 0.717) is 0 Å². The quantitative estimate of drug-likeness (QED) is 0.653. The molecule has 0 aromatic carbocycles. The molecule has 0 bridgehead atoms. The number of pyridine rings is 1. The van der Waals surface area contributed by atoms with Crippen molar-refractivity contribution in [3.8, 4) is 0 Å². The Hall–Kier alpha value is -1.31. The topological polar surface area (TPSA) is 17.3 Å². The fourth-order valence-electron chi connectivity index (χ4n) is 0.742. The summed E-state index contributed by atoms with van der Waals surface area (Å²) in [5.41, 5.74) is 0.914. The van der Waals surface area contributed by atoms with E-state index >= 15 is 0 Å². The molecule has 0 unspecified atom stereocenters. The predicted octanol–water partition coefficient (Wildman–Crippen LogP) is 3.12. The van der Waals surface area contributed by atoms with E-state index in [1.165, 1.54) is 6.20 Å². The van der Waals surface area contributed by atoms with Crippen LogP contribution in [0.2, 0.25) is 0 Å². The summed E-state index contributed by atoms with van der Waals surface area (Å²) in [7, 11) is 1.95. The van der Waals surface area contributed by atoms with Crippen LogP contribution >= 0.6 is 0 Å². The molecule has 80 valence electrons. The van der Waals surface area contributed by atoms with Gasteiger partial charge < -0.3 is 4.57 Å². The van der Waals surface area contributed by atoms with Crippen molar-refractivity contribution in [1.82, 2.24) is 4.57 Å². The highest BCUT2D eigenvalue weighted by Gasteiger charge is 1.79. The molecule has 1 heterocycles. The summed E-state index contributed by atoms with van der Waals surface area (Å²) in [5.74, 6) is 0. The van der Waals surface area contributed by atoms with Crippen molar-refractivity contribution in [2.45, 2.75) is 27.7 Å². The molecule has 0 aliphatic rings. The van der Waals surface area contributed by atoms with Crippen molar-refractivity contribution in [2.75, 3.05) is 0 Å². The summed E-state index contributed by atoms with van der Waals surface area (Å²) >= 11 is 0. The Morgan fingerprint density at radius 3 is 2.21 bits per heavy atom. The molecule has 1 aromatic heterocycles. The monoisotopic (exact) mass is 194 g/mol. The predicted molar refractivity (Wildman–Crippen MR) is 63.9 cm³/mol. The molecule has 1 rings (SSSR count). The van der Waals surface area contributed by atoms with Crippen LogP contribution in [0.1, 0.15) is 27.7 Å². The third-order valence-corrected chi connectivity index (χ3v) is 1.25. The fraction of sp³-hybridized carbons (Fsp3) is 0.417. The van der Waals surface area contributed by atoms with Crippen LogP contribution in [0, 0.1) is 0 Å². The second-order valence-electron chi connectivity index (χ2n) is 1.98. The van der Waals surface area contributed by atoms with Gasteiger partial charge in [0, 0.05) is 19.4 Å². The molecule has 2 nitrogen and oxygen atoms in total. The van der Waals surface area contributed by atoms with Gasteiger partial charge in [0.05, 0.1) is 0 Å². The van der Waals surface area contributed by atoms with Crippen molar-refractivity contribution in [1.29, 1.82) is 0 Å². The lowest BCUT2D eigenvalue weighted by Gasteiger charge is -1.94. The van der Waals surface area contributed by atoms with E-state index in [9.17, 15) is 0 Å². The van der Waals surface area contributed by atoms with E-state index in [1.54, 1.807) is 0 Å². The molecule has 0 saturated heterocycles. The maximum absolute atomic E-state index is 4.03. The van der Waals surface area contributed by atoms with Gasteiger partial charge in [-0.05, 0) is 12.1 Å². The minimum atomic E-state index is 0.914. The molecule has 0 atom stereocenters. The van der Waals surface area contributed by atoms with Crippen LogP contribution in [-0.2, 0) is 7.05 Å². The molecule has 0 fully saturated rings. The number of nitrogens with zero attached hydrogens (tertiary/aromatic N) is 2. The highest BCUT2D eigenvalue weighted by molar-refractivity contribution is 4.92. The van der Waals surface area contributed by atoms with Crippen LogP contribution in [-0.4, -0.2) is 4.57 Å². The molecule has 0 aliphatic carbocycles. The molecular formula is C12H22N2. The molecule has 1 aromatic rings. The molecule has 0 saturated carbocycles. The van der Waals surface area contributed by atoms with Crippen LogP contribution in [0.4, 0.5) is 0 Å². The third-order valence-electron chi connectivity index (χ3n) is 1.25. The van der Waals surface area contributed by atoms with Crippen molar-refractivity contribution < 1.29 is 0 Å². The van der Waals surface area contributed by atoms with Crippen LogP contribution < -0.4 is 5.49 Å². The zero-order valence-electron chi connectivity index (χ0n) is 9.99. The normalized spacial score (nSPS) is 9.07. The highest BCUT2D eigenvalue weighted by atomic mass is 15.0. The Labute approximate surface area is 87.6 Å². The molecule has 2 heteroatoms. The molecule has 0 spiro atoms. The van der Waals surface area contributed by atoms with Crippen LogP contribution in [0.3, 0.4) is 0 Å². The van der Waals surface area contributed by atoms with Crippen molar-refractivity contribution in [2.24, 2.45) is 12.0 Å². The second kappa shape index (κ2) is 11.7. The zero-order chi connectivity index (χ0) is 11.4. The van der Waals surface area contributed by atoms with Gasteiger partial charge in [0.15, 0.2) is 0 Å². The minimum Gasteiger partial charge on any atom is -0.336 e. The van der Waals surface area contributed by atoms with Crippen LogP contribution in [0.5, 0.6) is 0 Å². The first-order valence-corrected chi connectivity index (χ1v) is 5.11. The zero-order valence-corrected chi connectivity index (χ0v) is 9.99. The minimum absolute atomic E-state index is 0.914. The van der Waals surface area contributed by atoms with Gasteiger partial charge in [0.1, 0.15) is 5.49 Å². The van der Waals surface area contributed by atoms with Gasteiger partial charge in [-0.2, -0.15) is 0 Å². The molecular weight excluding hydrogens is 172 g/mol. The maximum Gasteiger partial charge on any atom is 0.132 e. The number of aromatic nitrogens is 1. The van der Waals surface area contributed by atoms with E-state index in [-0.39, 0.29) is 0 Å². The van der Waals surface area contributed by atoms with Gasteiger partial charge in [-0.3, -0.25) is 0 Å². The Morgan fingerprint density at radius 2 is 1.79 bits per heavy atom. The van der Waals surface area contributed by atoms with Gasteiger partial charge >= 0.3 is 0 Å². The summed E-state index contributed by atoms with van der Waals surface area (Å²) in [6.45, 7) is 11.5. The average molecular weight is 194 g/mol. The van der Waals surface area contributed by atoms with Crippen molar-refractivity contribution in [3.05, 3.63) is 42.7 Å². The Morgan fingerprint density at radius 1 is 1.21 bits per heavy atom. The first kappa shape index (κ1) is 15.2. The van der Waals surface area contributed by atoms with Crippen LogP contribution in [0.25, 0.3) is 0 Å². The van der Waals surface area contributed by atoms with Gasteiger partial charge in [-0.1, -0.05) is 40.3 Å². The molecule has 0 amide bonds. The molecule has 0 N–H and O–H groups in total. The Kier molecular flexibility index (Phi) is 12.7. The summed E-state index contributed by atoms with van der Waals surface area (Å²) < 4.78 is 1.93. The second-order valence-corrected chi connectivity index (χ2v) is 1.98. The largest absolute Gasteiger partial charge is 0.336 e. The van der Waals surface area contributed by atoms with E-state index in [4.69, 9.17) is 0 Å². The van der Waals surface area contributed by atoms with Crippen molar-refractivity contribution in [3.63, 3.8) is 0 Å². The van der Waals surface area contributed by atoms with Crippen molar-refractivity contribution >= 4 is 0 Å². The summed E-state index contributed by atoms with van der Waals surface area (Å²) in [6, 6.07) is 5.84.